The zero-order valence-electron chi connectivity index (χ0n) is 19.2. The molecule has 0 aromatic heterocycles. The van der Waals surface area contributed by atoms with Gasteiger partial charge in [-0.05, 0) is 37.2 Å². The molecule has 1 unspecified atom stereocenters. The summed E-state index contributed by atoms with van der Waals surface area (Å²) in [6.07, 6.45) is 1.35. The number of hydrogen-bond donors (Lipinski definition) is 1. The van der Waals surface area contributed by atoms with Gasteiger partial charge >= 0.3 is 0 Å². The zero-order valence-corrected chi connectivity index (χ0v) is 19.2. The van der Waals surface area contributed by atoms with Crippen molar-refractivity contribution in [1.29, 1.82) is 5.26 Å². The van der Waals surface area contributed by atoms with Gasteiger partial charge in [-0.25, -0.2) is 0 Å². The summed E-state index contributed by atoms with van der Waals surface area (Å²) < 4.78 is 0. The van der Waals surface area contributed by atoms with Gasteiger partial charge in [0.1, 0.15) is 0 Å². The van der Waals surface area contributed by atoms with Crippen LogP contribution in [0.5, 0.6) is 0 Å². The van der Waals surface area contributed by atoms with Crippen molar-refractivity contribution in [3.63, 3.8) is 0 Å². The average molecular weight is 435 g/mol. The number of anilines is 1. The Balaban J connectivity index is 1.91. The number of rotatable bonds is 13. The SMILES string of the molecule is CCN(CC)C(CNC(=O)CCC(=O)N(CCC#N)c1ccccc1)Cc1ccccc1. The third kappa shape index (κ3) is 8.16. The number of amides is 2. The molecule has 0 saturated carbocycles. The van der Waals surface area contributed by atoms with E-state index in [1.807, 2.05) is 48.5 Å². The minimum Gasteiger partial charge on any atom is -0.355 e. The molecule has 2 amide bonds. The first-order valence-corrected chi connectivity index (χ1v) is 11.4. The summed E-state index contributed by atoms with van der Waals surface area (Å²) in [7, 11) is 0. The second-order valence-electron chi connectivity index (χ2n) is 7.66. The first-order valence-electron chi connectivity index (χ1n) is 11.4. The Morgan fingerprint density at radius 3 is 2.19 bits per heavy atom. The van der Waals surface area contributed by atoms with Crippen LogP contribution in [0.4, 0.5) is 5.69 Å². The number of carbonyl (C=O) groups is 2. The molecule has 1 N–H and O–H groups in total. The van der Waals surface area contributed by atoms with Gasteiger partial charge in [-0.15, -0.1) is 0 Å². The maximum Gasteiger partial charge on any atom is 0.227 e. The topological polar surface area (TPSA) is 76.4 Å². The number of benzene rings is 2. The molecule has 1 atom stereocenters. The zero-order chi connectivity index (χ0) is 23.2. The van der Waals surface area contributed by atoms with Crippen LogP contribution in [0.25, 0.3) is 0 Å². The highest BCUT2D eigenvalue weighted by molar-refractivity contribution is 5.95. The van der Waals surface area contributed by atoms with Gasteiger partial charge < -0.3 is 10.2 Å². The van der Waals surface area contributed by atoms with Gasteiger partial charge in [0.15, 0.2) is 0 Å². The lowest BCUT2D eigenvalue weighted by atomic mass is 10.0. The van der Waals surface area contributed by atoms with Crippen LogP contribution in [0.3, 0.4) is 0 Å². The third-order valence-electron chi connectivity index (χ3n) is 5.56. The number of carbonyl (C=O) groups excluding carboxylic acids is 2. The predicted octanol–water partition coefficient (Wildman–Crippen LogP) is 3.78. The Labute approximate surface area is 191 Å². The number of likely N-dealkylation sites (N-methyl/N-ethyl adjacent to an activating group) is 1. The van der Waals surface area contributed by atoms with E-state index < -0.39 is 0 Å². The summed E-state index contributed by atoms with van der Waals surface area (Å²) in [6, 6.07) is 21.8. The van der Waals surface area contributed by atoms with Gasteiger partial charge in [0.2, 0.25) is 11.8 Å². The van der Waals surface area contributed by atoms with E-state index in [1.54, 1.807) is 4.90 Å². The van der Waals surface area contributed by atoms with Gasteiger partial charge in [0, 0.05) is 37.7 Å². The lowest BCUT2D eigenvalue weighted by Gasteiger charge is -2.30. The van der Waals surface area contributed by atoms with E-state index in [-0.39, 0.29) is 37.1 Å². The Kier molecular flexibility index (Phi) is 11.0. The molecule has 0 heterocycles. The first-order chi connectivity index (χ1) is 15.6. The minimum absolute atomic E-state index is 0.112. The summed E-state index contributed by atoms with van der Waals surface area (Å²) in [4.78, 5) is 29.2. The standard InChI is InChI=1S/C26H34N4O2/c1-3-29(4-2)24(20-22-12-7-5-8-13-22)21-28-25(31)16-17-26(32)30(19-11-18-27)23-14-9-6-10-15-23/h5-10,12-15,24H,3-4,11,16-17,19-21H2,1-2H3,(H,28,31). The van der Waals surface area contributed by atoms with Gasteiger partial charge in [0.05, 0.1) is 12.5 Å². The molecule has 0 aliphatic rings. The highest BCUT2D eigenvalue weighted by Gasteiger charge is 2.19. The van der Waals surface area contributed by atoms with Gasteiger partial charge in [-0.2, -0.15) is 5.26 Å². The molecule has 0 bridgehead atoms. The van der Waals surface area contributed by atoms with Crippen molar-refractivity contribution < 1.29 is 9.59 Å². The number of nitrogens with one attached hydrogen (secondary N) is 1. The fraction of sp³-hybridized carbons (Fsp3) is 0.423. The molecule has 6 nitrogen and oxygen atoms in total. The minimum atomic E-state index is -0.147. The Bertz CT molecular complexity index is 860. The van der Waals surface area contributed by atoms with E-state index in [0.717, 1.165) is 25.2 Å². The maximum atomic E-state index is 12.8. The van der Waals surface area contributed by atoms with Crippen LogP contribution in [-0.2, 0) is 16.0 Å². The van der Waals surface area contributed by atoms with E-state index in [1.165, 1.54) is 5.56 Å². The average Bonchev–Trinajstić information content (AvgIpc) is 2.83. The van der Waals surface area contributed by atoms with E-state index >= 15 is 0 Å². The molecule has 2 aromatic rings. The van der Waals surface area contributed by atoms with E-state index in [4.69, 9.17) is 5.26 Å². The molecular weight excluding hydrogens is 400 g/mol. The number of nitrogens with zero attached hydrogens (tertiary/aromatic N) is 3. The molecule has 6 heteroatoms. The first kappa shape index (κ1) is 25.1. The van der Waals surface area contributed by atoms with Crippen molar-refractivity contribution in [3.05, 3.63) is 66.2 Å². The molecule has 0 spiro atoms. The van der Waals surface area contributed by atoms with Crippen LogP contribution in [-0.4, -0.2) is 48.9 Å². The van der Waals surface area contributed by atoms with Crippen LogP contribution in [0.1, 0.15) is 38.7 Å². The van der Waals surface area contributed by atoms with Crippen molar-refractivity contribution in [2.75, 3.05) is 31.1 Å². The number of hydrogen-bond acceptors (Lipinski definition) is 4. The van der Waals surface area contributed by atoms with Crippen molar-refractivity contribution >= 4 is 17.5 Å². The summed E-state index contributed by atoms with van der Waals surface area (Å²) in [6.45, 7) is 6.94. The lowest BCUT2D eigenvalue weighted by molar-refractivity contribution is -0.125. The molecule has 32 heavy (non-hydrogen) atoms. The smallest absolute Gasteiger partial charge is 0.227 e. The molecule has 0 aliphatic heterocycles. The second kappa shape index (κ2) is 14.0. The molecular formula is C26H34N4O2. The summed E-state index contributed by atoms with van der Waals surface area (Å²) in [5.74, 6) is -0.275. The van der Waals surface area contributed by atoms with Crippen molar-refractivity contribution in [3.8, 4) is 6.07 Å². The van der Waals surface area contributed by atoms with Crippen molar-refractivity contribution in [1.82, 2.24) is 10.2 Å². The molecule has 0 saturated heterocycles. The normalized spacial score (nSPS) is 11.6. The highest BCUT2D eigenvalue weighted by atomic mass is 16.2. The highest BCUT2D eigenvalue weighted by Crippen LogP contribution is 2.16. The van der Waals surface area contributed by atoms with Crippen LogP contribution in [0.2, 0.25) is 0 Å². The molecule has 170 valence electrons. The van der Waals surface area contributed by atoms with Crippen LogP contribution < -0.4 is 10.2 Å². The van der Waals surface area contributed by atoms with Gasteiger partial charge in [-0.3, -0.25) is 14.5 Å². The maximum absolute atomic E-state index is 12.8. The predicted molar refractivity (Wildman–Crippen MR) is 128 cm³/mol. The van der Waals surface area contributed by atoms with Gasteiger partial charge in [-0.1, -0.05) is 62.4 Å². The Hall–Kier alpha value is -3.17. The Morgan fingerprint density at radius 1 is 0.969 bits per heavy atom. The third-order valence-corrected chi connectivity index (χ3v) is 5.56. The summed E-state index contributed by atoms with van der Waals surface area (Å²) >= 11 is 0. The monoisotopic (exact) mass is 434 g/mol. The van der Waals surface area contributed by atoms with Gasteiger partial charge in [0.25, 0.3) is 0 Å². The molecule has 2 aromatic carbocycles. The van der Waals surface area contributed by atoms with E-state index in [0.29, 0.717) is 13.1 Å². The second-order valence-corrected chi connectivity index (χ2v) is 7.66. The quantitative estimate of drug-likeness (QED) is 0.520. The summed E-state index contributed by atoms with van der Waals surface area (Å²) in [5.41, 5.74) is 1.99. The largest absolute Gasteiger partial charge is 0.355 e. The van der Waals surface area contributed by atoms with E-state index in [9.17, 15) is 9.59 Å². The van der Waals surface area contributed by atoms with Crippen LogP contribution in [0, 0.1) is 11.3 Å². The molecule has 0 aliphatic carbocycles. The number of para-hydroxylation sites is 1. The summed E-state index contributed by atoms with van der Waals surface area (Å²) in [5, 5.41) is 11.9. The van der Waals surface area contributed by atoms with Crippen LogP contribution >= 0.6 is 0 Å². The number of nitriles is 1. The Morgan fingerprint density at radius 2 is 1.59 bits per heavy atom. The van der Waals surface area contributed by atoms with E-state index in [2.05, 4.69) is 42.3 Å². The fourth-order valence-corrected chi connectivity index (χ4v) is 3.80. The molecule has 0 radical (unpaired) electrons. The fourth-order valence-electron chi connectivity index (χ4n) is 3.80. The van der Waals surface area contributed by atoms with Crippen molar-refractivity contribution in [2.45, 2.75) is 45.6 Å². The lowest BCUT2D eigenvalue weighted by Crippen LogP contribution is -2.45. The molecule has 0 fully saturated rings. The van der Waals surface area contributed by atoms with Crippen LogP contribution in [0.15, 0.2) is 60.7 Å². The van der Waals surface area contributed by atoms with Crippen molar-refractivity contribution in [2.24, 2.45) is 0 Å². The molecule has 2 rings (SSSR count).